The van der Waals surface area contributed by atoms with Crippen LogP contribution in [0.5, 0.6) is 0 Å². The van der Waals surface area contributed by atoms with Crippen LogP contribution < -0.4 is 11.1 Å². The Morgan fingerprint density at radius 1 is 1.28 bits per heavy atom. The highest BCUT2D eigenvalue weighted by Gasteiger charge is 2.16. The Bertz CT molecular complexity index is 811. The SMILES string of the molecule is CC(C)C[C@H](N)C(=O)NCc1ccc(-c2nc3ccccc3s2)o1.Cl. The van der Waals surface area contributed by atoms with Crippen molar-refractivity contribution in [3.05, 3.63) is 42.2 Å². The second-order valence-electron chi connectivity index (χ2n) is 6.21. The molecule has 0 radical (unpaired) electrons. The Labute approximate surface area is 157 Å². The van der Waals surface area contributed by atoms with Crippen LogP contribution in [0.25, 0.3) is 21.0 Å². The van der Waals surface area contributed by atoms with Crippen LogP contribution in [-0.4, -0.2) is 16.9 Å². The van der Waals surface area contributed by atoms with E-state index >= 15 is 0 Å². The number of amides is 1. The van der Waals surface area contributed by atoms with E-state index < -0.39 is 6.04 Å². The minimum absolute atomic E-state index is 0. The Balaban J connectivity index is 0.00000225. The standard InChI is InChI=1S/C18H21N3O2S.ClH/c1-11(2)9-13(19)17(22)20-10-12-7-8-15(23-12)18-21-14-5-3-4-6-16(14)24-18;/h3-8,11,13H,9-10,19H2,1-2H3,(H,20,22);1H/t13-;/m0./s1. The maximum Gasteiger partial charge on any atom is 0.237 e. The zero-order valence-corrected chi connectivity index (χ0v) is 15.8. The molecule has 25 heavy (non-hydrogen) atoms. The van der Waals surface area contributed by atoms with Gasteiger partial charge in [-0.3, -0.25) is 4.79 Å². The number of hydrogen-bond acceptors (Lipinski definition) is 5. The Hall–Kier alpha value is -1.89. The lowest BCUT2D eigenvalue weighted by Crippen LogP contribution is -2.40. The van der Waals surface area contributed by atoms with Gasteiger partial charge in [0.25, 0.3) is 0 Å². The average molecular weight is 380 g/mol. The molecule has 3 aromatic rings. The summed E-state index contributed by atoms with van der Waals surface area (Å²) >= 11 is 1.59. The summed E-state index contributed by atoms with van der Waals surface area (Å²) in [5, 5.41) is 3.66. The lowest BCUT2D eigenvalue weighted by atomic mass is 10.0. The number of rotatable bonds is 6. The molecule has 1 atom stereocenters. The number of nitrogens with one attached hydrogen (secondary N) is 1. The summed E-state index contributed by atoms with van der Waals surface area (Å²) in [6.45, 7) is 4.42. The van der Waals surface area contributed by atoms with Gasteiger partial charge in [-0.2, -0.15) is 0 Å². The third-order valence-electron chi connectivity index (χ3n) is 3.67. The van der Waals surface area contributed by atoms with Gasteiger partial charge in [0.1, 0.15) is 5.76 Å². The second-order valence-corrected chi connectivity index (χ2v) is 7.24. The number of aromatic nitrogens is 1. The van der Waals surface area contributed by atoms with Gasteiger partial charge in [-0.1, -0.05) is 26.0 Å². The van der Waals surface area contributed by atoms with Crippen molar-refractivity contribution in [2.45, 2.75) is 32.9 Å². The number of para-hydroxylation sites is 1. The maximum atomic E-state index is 12.0. The van der Waals surface area contributed by atoms with Crippen molar-refractivity contribution in [3.8, 4) is 10.8 Å². The summed E-state index contributed by atoms with van der Waals surface area (Å²) < 4.78 is 6.93. The van der Waals surface area contributed by atoms with Gasteiger partial charge in [0.2, 0.25) is 5.91 Å². The number of nitrogens with zero attached hydrogens (tertiary/aromatic N) is 1. The molecule has 2 aromatic heterocycles. The Kier molecular flexibility index (Phi) is 6.58. The molecular weight excluding hydrogens is 358 g/mol. The second kappa shape index (κ2) is 8.47. The lowest BCUT2D eigenvalue weighted by Gasteiger charge is -2.13. The first-order valence-corrected chi connectivity index (χ1v) is 8.82. The van der Waals surface area contributed by atoms with Crippen LogP contribution in [0.1, 0.15) is 26.0 Å². The maximum absolute atomic E-state index is 12.0. The third-order valence-corrected chi connectivity index (χ3v) is 4.72. The van der Waals surface area contributed by atoms with Gasteiger partial charge in [-0.05, 0) is 36.6 Å². The molecule has 0 fully saturated rings. The largest absolute Gasteiger partial charge is 0.457 e. The van der Waals surface area contributed by atoms with E-state index in [0.29, 0.717) is 30.4 Å². The molecule has 0 aliphatic rings. The van der Waals surface area contributed by atoms with Gasteiger partial charge in [0.05, 0.1) is 22.8 Å². The fraction of sp³-hybridized carbons (Fsp3) is 0.333. The van der Waals surface area contributed by atoms with Crippen molar-refractivity contribution in [1.29, 1.82) is 0 Å². The predicted octanol–water partition coefficient (Wildman–Crippen LogP) is 3.97. The minimum Gasteiger partial charge on any atom is -0.457 e. The quantitative estimate of drug-likeness (QED) is 0.679. The first-order chi connectivity index (χ1) is 11.5. The highest BCUT2D eigenvalue weighted by molar-refractivity contribution is 7.21. The first-order valence-electron chi connectivity index (χ1n) is 8.01. The summed E-state index contributed by atoms with van der Waals surface area (Å²) in [7, 11) is 0. The molecule has 5 nitrogen and oxygen atoms in total. The van der Waals surface area contributed by atoms with Crippen molar-refractivity contribution in [2.75, 3.05) is 0 Å². The highest BCUT2D eigenvalue weighted by Crippen LogP contribution is 2.31. The summed E-state index contributed by atoms with van der Waals surface area (Å²) in [5.41, 5.74) is 6.83. The molecule has 0 bridgehead atoms. The molecule has 0 aliphatic heterocycles. The molecule has 3 rings (SSSR count). The van der Waals surface area contributed by atoms with Gasteiger partial charge in [0.15, 0.2) is 10.8 Å². The molecular formula is C18H22ClN3O2S. The topological polar surface area (TPSA) is 81.2 Å². The molecule has 0 aliphatic carbocycles. The van der Waals surface area contributed by atoms with Crippen molar-refractivity contribution < 1.29 is 9.21 Å². The zero-order chi connectivity index (χ0) is 17.1. The molecule has 3 N–H and O–H groups in total. The summed E-state index contributed by atoms with van der Waals surface area (Å²) in [4.78, 5) is 16.5. The van der Waals surface area contributed by atoms with Gasteiger partial charge in [-0.25, -0.2) is 4.98 Å². The van der Waals surface area contributed by atoms with Crippen molar-refractivity contribution in [3.63, 3.8) is 0 Å². The summed E-state index contributed by atoms with van der Waals surface area (Å²) in [5.74, 6) is 1.64. The highest BCUT2D eigenvalue weighted by atomic mass is 35.5. The van der Waals surface area contributed by atoms with Gasteiger partial charge < -0.3 is 15.5 Å². The number of halogens is 1. The lowest BCUT2D eigenvalue weighted by molar-refractivity contribution is -0.122. The van der Waals surface area contributed by atoms with E-state index in [2.05, 4.69) is 10.3 Å². The van der Waals surface area contributed by atoms with Gasteiger partial charge in [0, 0.05) is 0 Å². The number of benzene rings is 1. The van der Waals surface area contributed by atoms with E-state index in [9.17, 15) is 4.79 Å². The number of carbonyl (C=O) groups is 1. The summed E-state index contributed by atoms with van der Waals surface area (Å²) in [6.07, 6.45) is 0.668. The normalized spacial score (nSPS) is 12.2. The molecule has 0 saturated carbocycles. The smallest absolute Gasteiger partial charge is 0.237 e. The van der Waals surface area contributed by atoms with Crippen LogP contribution >= 0.6 is 23.7 Å². The van der Waals surface area contributed by atoms with Crippen LogP contribution in [0.4, 0.5) is 0 Å². The fourth-order valence-electron chi connectivity index (χ4n) is 2.49. The number of hydrogen-bond donors (Lipinski definition) is 2. The van der Waals surface area contributed by atoms with E-state index in [1.165, 1.54) is 0 Å². The minimum atomic E-state index is -0.483. The predicted molar refractivity (Wildman–Crippen MR) is 104 cm³/mol. The number of nitrogens with two attached hydrogens (primary N) is 1. The van der Waals surface area contributed by atoms with Crippen LogP contribution in [0, 0.1) is 5.92 Å². The van der Waals surface area contributed by atoms with Crippen LogP contribution in [0.3, 0.4) is 0 Å². The van der Waals surface area contributed by atoms with Gasteiger partial charge in [-0.15, -0.1) is 23.7 Å². The summed E-state index contributed by atoms with van der Waals surface area (Å²) in [6, 6.07) is 11.2. The first kappa shape index (κ1) is 19.4. The third kappa shape index (κ3) is 4.81. The molecule has 0 unspecified atom stereocenters. The molecule has 7 heteroatoms. The van der Waals surface area contributed by atoms with E-state index in [4.69, 9.17) is 10.2 Å². The van der Waals surface area contributed by atoms with Crippen molar-refractivity contribution >= 4 is 39.9 Å². The van der Waals surface area contributed by atoms with Crippen molar-refractivity contribution in [1.82, 2.24) is 10.3 Å². The number of fused-ring (bicyclic) bond motifs is 1. The monoisotopic (exact) mass is 379 g/mol. The van der Waals surface area contributed by atoms with Crippen molar-refractivity contribution in [2.24, 2.45) is 11.7 Å². The average Bonchev–Trinajstić information content (AvgIpc) is 3.18. The fourth-order valence-corrected chi connectivity index (χ4v) is 3.41. The Morgan fingerprint density at radius 3 is 2.76 bits per heavy atom. The van der Waals surface area contributed by atoms with E-state index in [0.717, 1.165) is 15.2 Å². The van der Waals surface area contributed by atoms with Gasteiger partial charge >= 0.3 is 0 Å². The number of thiazole rings is 1. The zero-order valence-electron chi connectivity index (χ0n) is 14.2. The number of carbonyl (C=O) groups excluding carboxylic acids is 1. The Morgan fingerprint density at radius 2 is 2.04 bits per heavy atom. The molecule has 1 aromatic carbocycles. The van der Waals surface area contributed by atoms with E-state index in [1.54, 1.807) is 11.3 Å². The molecule has 134 valence electrons. The van der Waals surface area contributed by atoms with Crippen LogP contribution in [-0.2, 0) is 11.3 Å². The molecule has 1 amide bonds. The number of furan rings is 1. The van der Waals surface area contributed by atoms with E-state index in [1.807, 2.05) is 50.2 Å². The molecule has 0 spiro atoms. The van der Waals surface area contributed by atoms with Crippen LogP contribution in [0.15, 0.2) is 40.8 Å². The van der Waals surface area contributed by atoms with E-state index in [-0.39, 0.29) is 18.3 Å². The molecule has 2 heterocycles. The molecule has 0 saturated heterocycles. The van der Waals surface area contributed by atoms with Crippen LogP contribution in [0.2, 0.25) is 0 Å².